The van der Waals surface area contributed by atoms with E-state index in [2.05, 4.69) is 0 Å². The van der Waals surface area contributed by atoms with Gasteiger partial charge in [-0.25, -0.2) is 4.79 Å². The maximum Gasteiger partial charge on any atom is 0.329 e. The normalized spacial score (nSPS) is 38.7. The maximum absolute atomic E-state index is 14.4. The number of hydrogen-bond donors (Lipinski definition) is 3. The van der Waals surface area contributed by atoms with E-state index in [1.54, 1.807) is 34.1 Å². The van der Waals surface area contributed by atoms with Crippen LogP contribution >= 0.6 is 0 Å². The molecular formula is C52H81NO13. The number of aliphatic hydroxyl groups is 3. The lowest BCUT2D eigenvalue weighted by Gasteiger charge is -2.42. The Morgan fingerprint density at radius 3 is 2.26 bits per heavy atom. The second-order valence-corrected chi connectivity index (χ2v) is 19.8. The first-order valence-electron chi connectivity index (χ1n) is 24.5. The number of fused-ring (bicyclic) bond motifs is 3. The molecule has 1 saturated carbocycles. The molecule has 14 heteroatoms. The molecule has 372 valence electrons. The monoisotopic (exact) mass is 928 g/mol. The van der Waals surface area contributed by atoms with Crippen LogP contribution in [0.15, 0.2) is 47.6 Å². The molecule has 1 amide bonds. The second-order valence-electron chi connectivity index (χ2n) is 19.8. The van der Waals surface area contributed by atoms with E-state index in [1.807, 2.05) is 65.0 Å². The Morgan fingerprint density at radius 1 is 0.864 bits per heavy atom. The number of aliphatic hydroxyl groups excluding tert-OH is 2. The Labute approximate surface area is 393 Å². The summed E-state index contributed by atoms with van der Waals surface area (Å²) in [6.07, 6.45) is 11.6. The number of nitrogens with zero attached hydrogens (tertiary/aromatic N) is 1. The van der Waals surface area contributed by atoms with E-state index in [0.29, 0.717) is 69.8 Å². The van der Waals surface area contributed by atoms with Crippen molar-refractivity contribution >= 4 is 29.2 Å². The highest BCUT2D eigenvalue weighted by Crippen LogP contribution is 2.38. The predicted molar refractivity (Wildman–Crippen MR) is 250 cm³/mol. The van der Waals surface area contributed by atoms with Crippen LogP contribution in [0.2, 0.25) is 0 Å². The molecular weight excluding hydrogens is 847 g/mol. The Morgan fingerprint density at radius 2 is 1.59 bits per heavy atom. The molecule has 14 nitrogen and oxygen atoms in total. The van der Waals surface area contributed by atoms with Crippen molar-refractivity contribution in [2.75, 3.05) is 27.9 Å². The van der Waals surface area contributed by atoms with Crippen LogP contribution in [0.5, 0.6) is 0 Å². The van der Waals surface area contributed by atoms with Gasteiger partial charge in [0.15, 0.2) is 5.78 Å². The van der Waals surface area contributed by atoms with Gasteiger partial charge in [0, 0.05) is 58.5 Å². The van der Waals surface area contributed by atoms with Crippen LogP contribution in [-0.4, -0.2) is 132 Å². The van der Waals surface area contributed by atoms with Gasteiger partial charge in [-0.15, -0.1) is 0 Å². The van der Waals surface area contributed by atoms with Crippen LogP contribution in [-0.2, 0) is 47.7 Å². The van der Waals surface area contributed by atoms with E-state index in [1.165, 1.54) is 12.0 Å². The van der Waals surface area contributed by atoms with Crippen LogP contribution in [0.25, 0.3) is 0 Å². The molecule has 15 atom stereocenters. The van der Waals surface area contributed by atoms with Crippen molar-refractivity contribution in [3.05, 3.63) is 47.6 Å². The molecule has 0 spiro atoms. The standard InChI is InChI=1S/C52H81NO13/c1-11-38-27-35(6)47(57)48(64-10)46(56)34(5)25-31(2)17-13-12-14-18-32(3)43(62-8)29-39-22-20-36(7)52(61,66-39)49(58)50(59)53-24-16-15-19-40(53)51(60)65-44(30-42(38)55)33(4)26-37-21-23-41(54)45(28-37)63-9/h12-14,17-18,27,31,33-34,36-41,43-45,47-48,54,57,61H,11,15-16,19-26,28-30H2,1-10H3/b14-12?,17-13+,32-18?,35-27-/t31-,33-,34-,36-,37+,38+,39+,40?,41-,43+,44+,45-,47-,48+,52+/m1/s1. The molecule has 0 aromatic rings. The summed E-state index contributed by atoms with van der Waals surface area (Å²) < 4.78 is 29.5. The summed E-state index contributed by atoms with van der Waals surface area (Å²) >= 11 is 0. The smallest absolute Gasteiger partial charge is 0.329 e. The third-order valence-electron chi connectivity index (χ3n) is 14.8. The minimum Gasteiger partial charge on any atom is -0.460 e. The predicted octanol–water partition coefficient (Wildman–Crippen LogP) is 6.57. The van der Waals surface area contributed by atoms with E-state index in [-0.39, 0.29) is 54.8 Å². The van der Waals surface area contributed by atoms with Gasteiger partial charge in [0.25, 0.3) is 11.7 Å². The van der Waals surface area contributed by atoms with Crippen molar-refractivity contribution in [2.24, 2.45) is 35.5 Å². The number of allylic oxidation sites excluding steroid dienone is 6. The number of piperidine rings is 1. The van der Waals surface area contributed by atoms with Crippen molar-refractivity contribution in [1.29, 1.82) is 0 Å². The first-order valence-corrected chi connectivity index (χ1v) is 24.5. The number of hydrogen-bond acceptors (Lipinski definition) is 13. The number of ketones is 3. The van der Waals surface area contributed by atoms with Crippen molar-refractivity contribution in [2.45, 2.75) is 186 Å². The fourth-order valence-corrected chi connectivity index (χ4v) is 10.4. The van der Waals surface area contributed by atoms with Crippen LogP contribution in [0.1, 0.15) is 132 Å². The van der Waals surface area contributed by atoms with E-state index >= 15 is 0 Å². The number of Topliss-reactive ketones (excluding diaryl/α,β-unsaturated/α-hetero) is 3. The topological polar surface area (TPSA) is 195 Å². The minimum atomic E-state index is -2.43. The first-order chi connectivity index (χ1) is 31.3. The van der Waals surface area contributed by atoms with Crippen molar-refractivity contribution in [1.82, 2.24) is 4.90 Å². The van der Waals surface area contributed by atoms with Crippen molar-refractivity contribution < 1.29 is 63.0 Å². The third-order valence-corrected chi connectivity index (χ3v) is 14.8. The SMILES string of the molecule is CC[C@H]1/C=C(/C)[C@@H](O)[C@@H](OC)C(=O)[C@H](C)C[C@H](C)/C=C/C=CC=C(C)[C@@H](OC)C[C@@H]2CC[C@@H](C)[C@](O)(O2)C(=O)C(=O)N2CCCCC2C(=O)O[C@H]([C@H](C)C[C@@H]2CC[C@@H](O)[C@H](OC)C2)CC1=O. The Hall–Kier alpha value is -3.37. The minimum absolute atomic E-state index is 0.0188. The fourth-order valence-electron chi connectivity index (χ4n) is 10.4. The lowest BCUT2D eigenvalue weighted by Crippen LogP contribution is -2.61. The molecule has 3 aliphatic heterocycles. The molecule has 3 N–H and O–H groups in total. The lowest BCUT2D eigenvalue weighted by atomic mass is 9.78. The number of rotatable bonds is 7. The molecule has 2 bridgehead atoms. The van der Waals surface area contributed by atoms with Gasteiger partial charge in [-0.05, 0) is 113 Å². The molecule has 0 radical (unpaired) electrons. The summed E-state index contributed by atoms with van der Waals surface area (Å²) in [7, 11) is 4.53. The van der Waals surface area contributed by atoms with Gasteiger partial charge in [-0.2, -0.15) is 0 Å². The number of carbonyl (C=O) groups excluding carboxylic acids is 5. The van der Waals surface area contributed by atoms with Gasteiger partial charge in [0.2, 0.25) is 5.79 Å². The Kier molecular flexibility index (Phi) is 21.6. The molecule has 2 saturated heterocycles. The molecule has 1 aliphatic carbocycles. The van der Waals surface area contributed by atoms with Crippen molar-refractivity contribution in [3.8, 4) is 0 Å². The average molecular weight is 928 g/mol. The zero-order valence-corrected chi connectivity index (χ0v) is 41.3. The summed E-state index contributed by atoms with van der Waals surface area (Å²) in [5.41, 5.74) is 1.29. The number of carbonyl (C=O) groups is 5. The van der Waals surface area contributed by atoms with Gasteiger partial charge in [0.1, 0.15) is 30.1 Å². The highest BCUT2D eigenvalue weighted by molar-refractivity contribution is 6.39. The van der Waals surface area contributed by atoms with Gasteiger partial charge >= 0.3 is 5.97 Å². The van der Waals surface area contributed by atoms with E-state index < -0.39 is 83.9 Å². The Bertz CT molecular complexity index is 1770. The molecule has 3 fully saturated rings. The molecule has 0 aromatic heterocycles. The van der Waals surface area contributed by atoms with Gasteiger partial charge in [-0.3, -0.25) is 19.2 Å². The van der Waals surface area contributed by atoms with Gasteiger partial charge in [-0.1, -0.05) is 71.1 Å². The van der Waals surface area contributed by atoms with E-state index in [9.17, 15) is 39.3 Å². The van der Waals surface area contributed by atoms with Crippen molar-refractivity contribution in [3.63, 3.8) is 0 Å². The highest BCUT2D eigenvalue weighted by atomic mass is 16.6. The molecule has 1 unspecified atom stereocenters. The maximum atomic E-state index is 14.4. The fraction of sp³-hybridized carbons (Fsp3) is 0.750. The zero-order valence-electron chi connectivity index (χ0n) is 41.3. The van der Waals surface area contributed by atoms with E-state index in [4.69, 9.17) is 23.7 Å². The molecule has 4 rings (SSSR count). The summed E-state index contributed by atoms with van der Waals surface area (Å²) in [6.45, 7) is 12.9. The first kappa shape index (κ1) is 55.2. The van der Waals surface area contributed by atoms with E-state index in [0.717, 1.165) is 12.0 Å². The van der Waals surface area contributed by atoms with Crippen LogP contribution in [0.3, 0.4) is 0 Å². The summed E-state index contributed by atoms with van der Waals surface area (Å²) in [5, 5.41) is 34.0. The largest absolute Gasteiger partial charge is 0.460 e. The van der Waals surface area contributed by atoms with Crippen LogP contribution in [0, 0.1) is 35.5 Å². The summed E-state index contributed by atoms with van der Waals surface area (Å²) in [5.74, 6) is -7.86. The zero-order chi connectivity index (χ0) is 48.9. The number of ether oxygens (including phenoxy) is 5. The number of amides is 1. The van der Waals surface area contributed by atoms with Crippen LogP contribution in [0.4, 0.5) is 0 Å². The molecule has 66 heavy (non-hydrogen) atoms. The van der Waals surface area contributed by atoms with Gasteiger partial charge < -0.3 is 43.9 Å². The quantitative estimate of drug-likeness (QED) is 0.141. The lowest BCUT2D eigenvalue weighted by molar-refractivity contribution is -0.265. The summed E-state index contributed by atoms with van der Waals surface area (Å²) in [4.78, 5) is 72.2. The molecule has 0 aromatic carbocycles. The number of methoxy groups -OCH3 is 3. The number of cyclic esters (lactones) is 1. The molecule has 3 heterocycles. The summed E-state index contributed by atoms with van der Waals surface area (Å²) in [6, 6.07) is -1.14. The Balaban J connectivity index is 1.72. The average Bonchev–Trinajstić information content (AvgIpc) is 3.30. The molecule has 4 aliphatic rings. The second kappa shape index (κ2) is 25.8. The van der Waals surface area contributed by atoms with Crippen LogP contribution < -0.4 is 0 Å². The highest BCUT2D eigenvalue weighted by Gasteiger charge is 2.53. The number of esters is 1. The van der Waals surface area contributed by atoms with Gasteiger partial charge in [0.05, 0.1) is 24.4 Å². The third kappa shape index (κ3) is 14.3.